The molecule has 17 heavy (non-hydrogen) atoms. The Morgan fingerprint density at radius 3 is 2.53 bits per heavy atom. The van der Waals surface area contributed by atoms with Crippen LogP contribution in [0.5, 0.6) is 0 Å². The van der Waals surface area contributed by atoms with E-state index in [4.69, 9.17) is 5.11 Å². The SMILES string of the molecule is CC(CO)C(C)NCc1cnn(C(C)(C)C)c1. The second-order valence-corrected chi connectivity index (χ2v) is 5.79. The molecule has 0 amide bonds. The molecule has 0 fully saturated rings. The van der Waals surface area contributed by atoms with E-state index < -0.39 is 0 Å². The number of aliphatic hydroxyl groups excluding tert-OH is 1. The van der Waals surface area contributed by atoms with Gasteiger partial charge in [0.25, 0.3) is 0 Å². The van der Waals surface area contributed by atoms with Crippen molar-refractivity contribution in [3.63, 3.8) is 0 Å². The Bertz CT molecular complexity index is 341. The highest BCUT2D eigenvalue weighted by Gasteiger charge is 2.15. The fraction of sp³-hybridized carbons (Fsp3) is 0.769. The van der Waals surface area contributed by atoms with Crippen molar-refractivity contribution in [2.45, 2.75) is 52.7 Å². The van der Waals surface area contributed by atoms with Crippen molar-refractivity contribution < 1.29 is 5.11 Å². The van der Waals surface area contributed by atoms with Crippen LogP contribution in [0.25, 0.3) is 0 Å². The maximum Gasteiger partial charge on any atom is 0.0543 e. The molecule has 0 radical (unpaired) electrons. The Morgan fingerprint density at radius 2 is 2.06 bits per heavy atom. The molecule has 1 aromatic rings. The number of hydrogen-bond acceptors (Lipinski definition) is 3. The average Bonchev–Trinajstić information content (AvgIpc) is 2.72. The standard InChI is InChI=1S/C13H25N3O/c1-10(9-17)11(2)14-6-12-7-15-16(8-12)13(3,4)5/h7-8,10-11,14,17H,6,9H2,1-5H3. The van der Waals surface area contributed by atoms with E-state index in [0.29, 0.717) is 6.04 Å². The molecule has 2 atom stereocenters. The highest BCUT2D eigenvalue weighted by atomic mass is 16.3. The van der Waals surface area contributed by atoms with Gasteiger partial charge >= 0.3 is 0 Å². The van der Waals surface area contributed by atoms with Crippen molar-refractivity contribution in [3.05, 3.63) is 18.0 Å². The summed E-state index contributed by atoms with van der Waals surface area (Å²) in [6.07, 6.45) is 3.97. The van der Waals surface area contributed by atoms with Crippen molar-refractivity contribution in [1.82, 2.24) is 15.1 Å². The lowest BCUT2D eigenvalue weighted by Gasteiger charge is -2.19. The molecule has 0 aliphatic rings. The number of aromatic nitrogens is 2. The summed E-state index contributed by atoms with van der Waals surface area (Å²) in [6, 6.07) is 0.304. The third kappa shape index (κ3) is 4.13. The van der Waals surface area contributed by atoms with Crippen LogP contribution in [0.3, 0.4) is 0 Å². The Morgan fingerprint density at radius 1 is 1.41 bits per heavy atom. The minimum Gasteiger partial charge on any atom is -0.396 e. The summed E-state index contributed by atoms with van der Waals surface area (Å²) in [4.78, 5) is 0. The van der Waals surface area contributed by atoms with Crippen LogP contribution in [0.1, 0.15) is 40.2 Å². The molecule has 0 aliphatic carbocycles. The number of nitrogens with zero attached hydrogens (tertiary/aromatic N) is 2. The molecule has 2 unspecified atom stereocenters. The molecule has 2 N–H and O–H groups in total. The van der Waals surface area contributed by atoms with Gasteiger partial charge in [0, 0.05) is 31.0 Å². The van der Waals surface area contributed by atoms with Crippen LogP contribution in [0, 0.1) is 5.92 Å². The summed E-state index contributed by atoms with van der Waals surface area (Å²) >= 11 is 0. The van der Waals surface area contributed by atoms with E-state index in [1.165, 1.54) is 5.56 Å². The third-order valence-electron chi connectivity index (χ3n) is 3.09. The second kappa shape index (κ2) is 5.65. The van der Waals surface area contributed by atoms with Crippen LogP contribution >= 0.6 is 0 Å². The third-order valence-corrected chi connectivity index (χ3v) is 3.09. The minimum atomic E-state index is 0.0300. The quantitative estimate of drug-likeness (QED) is 0.823. The van der Waals surface area contributed by atoms with E-state index in [1.54, 1.807) is 0 Å². The van der Waals surface area contributed by atoms with Gasteiger partial charge in [-0.1, -0.05) is 6.92 Å². The zero-order chi connectivity index (χ0) is 13.1. The zero-order valence-corrected chi connectivity index (χ0v) is 11.6. The predicted octanol–water partition coefficient (Wildman–Crippen LogP) is 1.74. The summed E-state index contributed by atoms with van der Waals surface area (Å²) in [7, 11) is 0. The molecule has 4 heteroatoms. The van der Waals surface area contributed by atoms with Crippen LogP contribution in [0.15, 0.2) is 12.4 Å². The van der Waals surface area contributed by atoms with Crippen molar-refractivity contribution in [1.29, 1.82) is 0 Å². The number of aliphatic hydroxyl groups is 1. The fourth-order valence-electron chi connectivity index (χ4n) is 1.46. The molecule has 0 aromatic carbocycles. The first-order valence-corrected chi connectivity index (χ1v) is 6.23. The molecule has 4 nitrogen and oxygen atoms in total. The summed E-state index contributed by atoms with van der Waals surface area (Å²) in [6.45, 7) is 11.5. The van der Waals surface area contributed by atoms with Crippen molar-refractivity contribution in [2.75, 3.05) is 6.61 Å². The van der Waals surface area contributed by atoms with Gasteiger partial charge in [0.15, 0.2) is 0 Å². The van der Waals surface area contributed by atoms with E-state index in [-0.39, 0.29) is 18.1 Å². The van der Waals surface area contributed by atoms with Gasteiger partial charge in [-0.05, 0) is 33.6 Å². The zero-order valence-electron chi connectivity index (χ0n) is 11.6. The first kappa shape index (κ1) is 14.2. The predicted molar refractivity (Wildman–Crippen MR) is 69.8 cm³/mol. The van der Waals surface area contributed by atoms with Gasteiger partial charge in [-0.15, -0.1) is 0 Å². The van der Waals surface area contributed by atoms with Crippen LogP contribution in [-0.4, -0.2) is 27.5 Å². The van der Waals surface area contributed by atoms with Gasteiger partial charge in [0.2, 0.25) is 0 Å². The number of hydrogen-bond donors (Lipinski definition) is 2. The Hall–Kier alpha value is -0.870. The molecule has 0 bridgehead atoms. The lowest BCUT2D eigenvalue weighted by molar-refractivity contribution is 0.207. The number of rotatable bonds is 5. The Labute approximate surface area is 104 Å². The molecule has 0 spiro atoms. The van der Waals surface area contributed by atoms with Crippen LogP contribution in [-0.2, 0) is 12.1 Å². The highest BCUT2D eigenvalue weighted by Crippen LogP contribution is 2.13. The molecular formula is C13H25N3O. The smallest absolute Gasteiger partial charge is 0.0543 e. The Balaban J connectivity index is 2.51. The summed E-state index contributed by atoms with van der Waals surface area (Å²) in [5.74, 6) is 0.271. The topological polar surface area (TPSA) is 50.1 Å². The minimum absolute atomic E-state index is 0.0300. The Kier molecular flexibility index (Phi) is 4.71. The van der Waals surface area contributed by atoms with Crippen molar-refractivity contribution in [3.8, 4) is 0 Å². The summed E-state index contributed by atoms with van der Waals surface area (Å²) in [5, 5.41) is 16.8. The van der Waals surface area contributed by atoms with Gasteiger partial charge in [-0.2, -0.15) is 5.10 Å². The second-order valence-electron chi connectivity index (χ2n) is 5.79. The lowest BCUT2D eigenvalue weighted by Crippen LogP contribution is -2.33. The molecular weight excluding hydrogens is 214 g/mol. The van der Waals surface area contributed by atoms with E-state index in [9.17, 15) is 0 Å². The molecule has 1 heterocycles. The van der Waals surface area contributed by atoms with Gasteiger partial charge in [0.1, 0.15) is 0 Å². The normalized spacial score (nSPS) is 15.9. The van der Waals surface area contributed by atoms with Crippen molar-refractivity contribution in [2.24, 2.45) is 5.92 Å². The lowest BCUT2D eigenvalue weighted by atomic mass is 10.1. The largest absolute Gasteiger partial charge is 0.396 e. The highest BCUT2D eigenvalue weighted by molar-refractivity contribution is 5.05. The van der Waals surface area contributed by atoms with Crippen LogP contribution in [0.2, 0.25) is 0 Å². The monoisotopic (exact) mass is 239 g/mol. The van der Waals surface area contributed by atoms with Gasteiger partial charge < -0.3 is 10.4 Å². The molecule has 0 saturated heterocycles. The van der Waals surface area contributed by atoms with Crippen LogP contribution < -0.4 is 5.32 Å². The summed E-state index contributed by atoms with van der Waals surface area (Å²) < 4.78 is 1.98. The molecule has 1 aromatic heterocycles. The average molecular weight is 239 g/mol. The van der Waals surface area contributed by atoms with Gasteiger partial charge in [0.05, 0.1) is 11.7 Å². The number of nitrogens with one attached hydrogen (secondary N) is 1. The van der Waals surface area contributed by atoms with Crippen molar-refractivity contribution >= 4 is 0 Å². The molecule has 1 rings (SSSR count). The molecule has 98 valence electrons. The van der Waals surface area contributed by atoms with E-state index in [1.807, 2.05) is 17.8 Å². The maximum atomic E-state index is 9.06. The maximum absolute atomic E-state index is 9.06. The fourth-order valence-corrected chi connectivity index (χ4v) is 1.46. The molecule has 0 aliphatic heterocycles. The first-order chi connectivity index (χ1) is 7.84. The van der Waals surface area contributed by atoms with Gasteiger partial charge in [-0.3, -0.25) is 4.68 Å². The van der Waals surface area contributed by atoms with Gasteiger partial charge in [-0.25, -0.2) is 0 Å². The summed E-state index contributed by atoms with van der Waals surface area (Å²) in [5.41, 5.74) is 1.21. The van der Waals surface area contributed by atoms with Crippen LogP contribution in [0.4, 0.5) is 0 Å². The first-order valence-electron chi connectivity index (χ1n) is 6.23. The van der Waals surface area contributed by atoms with E-state index in [2.05, 4.69) is 44.3 Å². The van der Waals surface area contributed by atoms with E-state index >= 15 is 0 Å². The molecule has 0 saturated carbocycles. The van der Waals surface area contributed by atoms with E-state index in [0.717, 1.165) is 6.54 Å².